The Morgan fingerprint density at radius 1 is 1.00 bits per heavy atom. The van der Waals surface area contributed by atoms with Crippen molar-refractivity contribution < 1.29 is 9.21 Å². The highest BCUT2D eigenvalue weighted by Crippen LogP contribution is 2.30. The number of halogens is 3. The van der Waals surface area contributed by atoms with E-state index in [0.29, 0.717) is 32.3 Å². The molecule has 1 aromatic heterocycles. The highest BCUT2D eigenvalue weighted by molar-refractivity contribution is 6.42. The van der Waals surface area contributed by atoms with Crippen LogP contribution in [0.25, 0.3) is 17.4 Å². The van der Waals surface area contributed by atoms with Gasteiger partial charge in [-0.3, -0.25) is 4.79 Å². The lowest BCUT2D eigenvalue weighted by atomic mass is 10.2. The van der Waals surface area contributed by atoms with Crippen molar-refractivity contribution in [2.24, 2.45) is 0 Å². The highest BCUT2D eigenvalue weighted by atomic mass is 35.5. The van der Waals surface area contributed by atoms with Crippen molar-refractivity contribution in [2.45, 2.75) is 0 Å². The van der Waals surface area contributed by atoms with Gasteiger partial charge in [-0.2, -0.15) is 5.26 Å². The number of rotatable bonds is 4. The van der Waals surface area contributed by atoms with Crippen molar-refractivity contribution in [1.29, 1.82) is 5.26 Å². The van der Waals surface area contributed by atoms with E-state index in [0.717, 1.165) is 5.56 Å². The number of hydrogen-bond acceptors (Lipinski definition) is 3. The van der Waals surface area contributed by atoms with E-state index in [2.05, 4.69) is 5.32 Å². The minimum absolute atomic E-state index is 0.120. The summed E-state index contributed by atoms with van der Waals surface area (Å²) in [6.07, 6.45) is 1.35. The van der Waals surface area contributed by atoms with E-state index in [9.17, 15) is 10.1 Å². The first-order chi connectivity index (χ1) is 13.0. The monoisotopic (exact) mass is 416 g/mol. The molecule has 0 atom stereocenters. The number of nitriles is 1. The van der Waals surface area contributed by atoms with Crippen LogP contribution in [0.15, 0.2) is 64.6 Å². The van der Waals surface area contributed by atoms with Crippen molar-refractivity contribution in [2.75, 3.05) is 5.32 Å². The van der Waals surface area contributed by atoms with Crippen LogP contribution >= 0.6 is 34.8 Å². The molecule has 0 fully saturated rings. The van der Waals surface area contributed by atoms with Gasteiger partial charge in [-0.1, -0.05) is 46.9 Å². The average Bonchev–Trinajstić information content (AvgIpc) is 3.12. The van der Waals surface area contributed by atoms with E-state index >= 15 is 0 Å². The van der Waals surface area contributed by atoms with E-state index in [1.807, 2.05) is 6.07 Å². The molecular formula is C20H11Cl3N2O2. The molecule has 0 saturated carbocycles. The first-order valence-corrected chi connectivity index (χ1v) is 8.84. The Kier molecular flexibility index (Phi) is 5.88. The quantitative estimate of drug-likeness (QED) is 0.392. The summed E-state index contributed by atoms with van der Waals surface area (Å²) in [5, 5.41) is 13.1. The summed E-state index contributed by atoms with van der Waals surface area (Å²) in [7, 11) is 0. The summed E-state index contributed by atoms with van der Waals surface area (Å²) in [5.74, 6) is 0.295. The molecule has 1 heterocycles. The van der Waals surface area contributed by atoms with Crippen LogP contribution in [-0.4, -0.2) is 5.91 Å². The number of anilines is 1. The van der Waals surface area contributed by atoms with E-state index in [4.69, 9.17) is 39.2 Å². The lowest BCUT2D eigenvalue weighted by molar-refractivity contribution is -0.112. The van der Waals surface area contributed by atoms with Gasteiger partial charge in [0.25, 0.3) is 5.91 Å². The molecule has 0 aliphatic heterocycles. The zero-order valence-corrected chi connectivity index (χ0v) is 15.9. The SMILES string of the molecule is N#C/C(=C\c1ccc(-c2ccc(Cl)c(Cl)c2)o1)C(=O)Nc1ccccc1Cl. The van der Waals surface area contributed by atoms with Crippen LogP contribution < -0.4 is 5.32 Å². The Hall–Kier alpha value is -2.71. The van der Waals surface area contributed by atoms with E-state index < -0.39 is 5.91 Å². The van der Waals surface area contributed by atoms with Crippen LogP contribution in [-0.2, 0) is 4.79 Å². The van der Waals surface area contributed by atoms with Gasteiger partial charge in [-0.25, -0.2) is 0 Å². The van der Waals surface area contributed by atoms with Crippen LogP contribution in [0.4, 0.5) is 5.69 Å². The van der Waals surface area contributed by atoms with Crippen LogP contribution in [0.1, 0.15) is 5.76 Å². The van der Waals surface area contributed by atoms with Crippen molar-refractivity contribution >= 4 is 52.5 Å². The Labute approximate surface area is 170 Å². The van der Waals surface area contributed by atoms with Gasteiger partial charge in [0, 0.05) is 11.6 Å². The first kappa shape index (κ1) is 19.1. The summed E-state index contributed by atoms with van der Waals surface area (Å²) in [6.45, 7) is 0. The highest BCUT2D eigenvalue weighted by Gasteiger charge is 2.13. The van der Waals surface area contributed by atoms with Gasteiger partial charge in [0.2, 0.25) is 0 Å². The molecule has 1 N–H and O–H groups in total. The Bertz CT molecular complexity index is 1080. The second-order valence-electron chi connectivity index (χ2n) is 5.43. The normalized spacial score (nSPS) is 11.1. The molecule has 7 heteroatoms. The number of carbonyl (C=O) groups excluding carboxylic acids is 1. The topological polar surface area (TPSA) is 66.0 Å². The zero-order valence-electron chi connectivity index (χ0n) is 13.7. The largest absolute Gasteiger partial charge is 0.457 e. The van der Waals surface area contributed by atoms with Gasteiger partial charge in [-0.05, 0) is 42.5 Å². The average molecular weight is 418 g/mol. The molecule has 0 aliphatic rings. The number of hydrogen-bond donors (Lipinski definition) is 1. The minimum Gasteiger partial charge on any atom is -0.457 e. The molecule has 0 radical (unpaired) electrons. The molecule has 0 bridgehead atoms. The Morgan fingerprint density at radius 2 is 1.78 bits per heavy atom. The number of nitrogens with one attached hydrogen (secondary N) is 1. The molecule has 27 heavy (non-hydrogen) atoms. The van der Waals surface area contributed by atoms with Crippen LogP contribution in [0.3, 0.4) is 0 Å². The predicted octanol–water partition coefficient (Wildman–Crippen LogP) is 6.45. The maximum absolute atomic E-state index is 12.3. The lowest BCUT2D eigenvalue weighted by Gasteiger charge is -2.05. The maximum atomic E-state index is 12.3. The number of nitrogens with zero attached hydrogens (tertiary/aromatic N) is 1. The Morgan fingerprint density at radius 3 is 2.48 bits per heavy atom. The van der Waals surface area contributed by atoms with Crippen LogP contribution in [0.5, 0.6) is 0 Å². The first-order valence-electron chi connectivity index (χ1n) is 7.71. The third kappa shape index (κ3) is 4.53. The molecule has 4 nitrogen and oxygen atoms in total. The van der Waals surface area contributed by atoms with Crippen molar-refractivity contribution in [3.8, 4) is 17.4 Å². The van der Waals surface area contributed by atoms with E-state index in [1.165, 1.54) is 6.08 Å². The second-order valence-corrected chi connectivity index (χ2v) is 6.66. The fourth-order valence-electron chi connectivity index (χ4n) is 2.28. The zero-order chi connectivity index (χ0) is 19.4. The molecule has 0 aliphatic carbocycles. The van der Waals surface area contributed by atoms with E-state index in [1.54, 1.807) is 54.6 Å². The molecule has 1 amide bonds. The molecule has 0 spiro atoms. The summed E-state index contributed by atoms with van der Waals surface area (Å²) < 4.78 is 5.69. The molecule has 134 valence electrons. The summed E-state index contributed by atoms with van der Waals surface area (Å²) in [5.41, 5.74) is 1.02. The molecule has 0 unspecified atom stereocenters. The summed E-state index contributed by atoms with van der Waals surface area (Å²) >= 11 is 17.9. The third-order valence-corrected chi connectivity index (χ3v) is 4.67. The maximum Gasteiger partial charge on any atom is 0.266 e. The van der Waals surface area contributed by atoms with E-state index in [-0.39, 0.29) is 5.57 Å². The molecule has 0 saturated heterocycles. The fourth-order valence-corrected chi connectivity index (χ4v) is 2.76. The lowest BCUT2D eigenvalue weighted by Crippen LogP contribution is -2.13. The van der Waals surface area contributed by atoms with Gasteiger partial charge >= 0.3 is 0 Å². The van der Waals surface area contributed by atoms with Gasteiger partial charge in [0.15, 0.2) is 0 Å². The van der Waals surface area contributed by atoms with Gasteiger partial charge in [-0.15, -0.1) is 0 Å². The third-order valence-electron chi connectivity index (χ3n) is 3.60. The predicted molar refractivity (Wildman–Crippen MR) is 108 cm³/mol. The van der Waals surface area contributed by atoms with Crippen molar-refractivity contribution in [3.05, 3.63) is 81.0 Å². The molecule has 3 aromatic rings. The van der Waals surface area contributed by atoms with Gasteiger partial charge < -0.3 is 9.73 Å². The number of furan rings is 1. The van der Waals surface area contributed by atoms with Crippen molar-refractivity contribution in [1.82, 2.24) is 0 Å². The number of carbonyl (C=O) groups is 1. The summed E-state index contributed by atoms with van der Waals surface area (Å²) in [4.78, 5) is 12.3. The number of amides is 1. The number of para-hydroxylation sites is 1. The minimum atomic E-state index is -0.585. The summed E-state index contributed by atoms with van der Waals surface area (Å²) in [6, 6.07) is 17.1. The number of benzene rings is 2. The fraction of sp³-hybridized carbons (Fsp3) is 0. The van der Waals surface area contributed by atoms with Gasteiger partial charge in [0.05, 0.1) is 20.8 Å². The molecule has 3 rings (SSSR count). The van der Waals surface area contributed by atoms with Crippen LogP contribution in [0, 0.1) is 11.3 Å². The molecule has 2 aromatic carbocycles. The Balaban J connectivity index is 1.83. The molecular weight excluding hydrogens is 407 g/mol. The smallest absolute Gasteiger partial charge is 0.266 e. The van der Waals surface area contributed by atoms with Crippen LogP contribution in [0.2, 0.25) is 15.1 Å². The van der Waals surface area contributed by atoms with Gasteiger partial charge in [0.1, 0.15) is 23.2 Å². The second kappa shape index (κ2) is 8.32. The van der Waals surface area contributed by atoms with Crippen molar-refractivity contribution in [3.63, 3.8) is 0 Å². The standard InChI is InChI=1S/C20H11Cl3N2O2/c21-15-7-5-12(10-17(15)23)19-8-6-14(27-19)9-13(11-24)20(26)25-18-4-2-1-3-16(18)22/h1-10H,(H,25,26)/b13-9+.